The molecule has 0 radical (unpaired) electrons. The molecule has 3 aliphatic rings. The quantitative estimate of drug-likeness (QED) is 0.582. The van der Waals surface area contributed by atoms with Gasteiger partial charge in [0.1, 0.15) is 6.10 Å². The van der Waals surface area contributed by atoms with Crippen molar-refractivity contribution in [2.24, 2.45) is 23.7 Å². The number of nitrogens with one attached hydrogen (secondary N) is 1. The first kappa shape index (κ1) is 17.5. The maximum absolute atomic E-state index is 12.6. The van der Waals surface area contributed by atoms with E-state index in [1.54, 1.807) is 0 Å². The van der Waals surface area contributed by atoms with Crippen LogP contribution in [-0.4, -0.2) is 35.4 Å². The minimum atomic E-state index is -0.522. The number of halogens is 1. The van der Waals surface area contributed by atoms with Gasteiger partial charge in [-0.3, -0.25) is 14.4 Å². The van der Waals surface area contributed by atoms with E-state index in [0.29, 0.717) is 0 Å². The van der Waals surface area contributed by atoms with E-state index >= 15 is 0 Å². The fourth-order valence-electron chi connectivity index (χ4n) is 4.66. The number of ether oxygens (including phenoxy) is 2. The van der Waals surface area contributed by atoms with Gasteiger partial charge in [0, 0.05) is 11.6 Å². The van der Waals surface area contributed by atoms with Gasteiger partial charge in [-0.15, -0.1) is 0 Å². The molecular formula is C19H20BrNO5. The second-order valence-corrected chi connectivity index (χ2v) is 8.18. The van der Waals surface area contributed by atoms with Gasteiger partial charge in [0.15, 0.2) is 6.61 Å². The molecule has 6 atom stereocenters. The molecule has 1 aromatic rings. The minimum absolute atomic E-state index is 0.0157. The van der Waals surface area contributed by atoms with E-state index in [1.807, 2.05) is 31.2 Å². The number of para-hydroxylation sites is 1. The van der Waals surface area contributed by atoms with Gasteiger partial charge in [-0.05, 0) is 30.4 Å². The number of carbonyl (C=O) groups excluding carboxylic acids is 3. The second kappa shape index (κ2) is 6.68. The van der Waals surface area contributed by atoms with E-state index in [-0.39, 0.29) is 41.3 Å². The van der Waals surface area contributed by atoms with Crippen LogP contribution in [0.2, 0.25) is 0 Å². The molecule has 4 rings (SSSR count). The molecule has 0 aromatic heterocycles. The molecule has 138 valence electrons. The highest BCUT2D eigenvalue weighted by molar-refractivity contribution is 9.09. The first-order chi connectivity index (χ1) is 12.5. The van der Waals surface area contributed by atoms with Crippen LogP contribution >= 0.6 is 15.9 Å². The molecule has 1 aliphatic heterocycles. The van der Waals surface area contributed by atoms with Crippen LogP contribution in [0.5, 0.6) is 0 Å². The maximum Gasteiger partial charge on any atom is 0.310 e. The Morgan fingerprint density at radius 2 is 2.08 bits per heavy atom. The summed E-state index contributed by atoms with van der Waals surface area (Å²) in [6.07, 6.45) is 1.45. The molecule has 1 N–H and O–H groups in total. The second-order valence-electron chi connectivity index (χ2n) is 7.13. The molecule has 26 heavy (non-hydrogen) atoms. The predicted molar refractivity (Wildman–Crippen MR) is 96.6 cm³/mol. The molecule has 2 aliphatic carbocycles. The summed E-state index contributed by atoms with van der Waals surface area (Å²) < 4.78 is 10.6. The third kappa shape index (κ3) is 2.73. The van der Waals surface area contributed by atoms with E-state index in [1.165, 1.54) is 0 Å². The number of anilines is 1. The zero-order chi connectivity index (χ0) is 18.4. The van der Waals surface area contributed by atoms with E-state index in [9.17, 15) is 14.4 Å². The summed E-state index contributed by atoms with van der Waals surface area (Å²) in [5, 5.41) is 2.78. The number of fused-ring (bicyclic) bond motifs is 1. The molecule has 1 saturated heterocycles. The van der Waals surface area contributed by atoms with E-state index in [0.717, 1.165) is 24.1 Å². The zero-order valence-corrected chi connectivity index (χ0v) is 15.9. The molecule has 2 bridgehead atoms. The van der Waals surface area contributed by atoms with Gasteiger partial charge in [-0.2, -0.15) is 0 Å². The first-order valence-electron chi connectivity index (χ1n) is 8.90. The van der Waals surface area contributed by atoms with Crippen molar-refractivity contribution in [3.63, 3.8) is 0 Å². The molecule has 1 heterocycles. The van der Waals surface area contributed by atoms with Gasteiger partial charge in [0.05, 0.1) is 16.7 Å². The Bertz CT molecular complexity index is 766. The van der Waals surface area contributed by atoms with Gasteiger partial charge < -0.3 is 14.8 Å². The average molecular weight is 422 g/mol. The fraction of sp³-hybridized carbons (Fsp3) is 0.526. The summed E-state index contributed by atoms with van der Waals surface area (Å²) in [6, 6.07) is 7.51. The van der Waals surface area contributed by atoms with Crippen molar-refractivity contribution in [2.75, 3.05) is 11.9 Å². The lowest BCUT2D eigenvalue weighted by Crippen LogP contribution is -2.39. The number of benzene rings is 1. The highest BCUT2D eigenvalue weighted by Gasteiger charge is 2.68. The van der Waals surface area contributed by atoms with Crippen molar-refractivity contribution >= 4 is 39.5 Å². The SMILES string of the molecule is CCc1ccccc1NC(=O)COC(=O)[C@@H]1[C@H]2C[C@H]3[C@H](OC(=O)[C@H]31)[C@@H]2Br. The molecule has 1 amide bonds. The highest BCUT2D eigenvalue weighted by Crippen LogP contribution is 2.60. The standard InChI is InChI=1S/C19H20BrNO5/c1-2-9-5-3-4-6-12(9)21-13(22)8-25-18(23)14-10-7-11-15(14)19(24)26-17(11)16(10)20/h3-6,10-11,14-17H,2,7-8H2,1H3,(H,21,22)/t10-,11-,14-,15-,16-,17+/m1/s1. The summed E-state index contributed by atoms with van der Waals surface area (Å²) in [6.45, 7) is 1.65. The number of hydrogen-bond acceptors (Lipinski definition) is 5. The summed E-state index contributed by atoms with van der Waals surface area (Å²) in [5.74, 6) is -2.01. The Hall–Kier alpha value is -1.89. The number of amides is 1. The third-order valence-electron chi connectivity index (χ3n) is 5.81. The third-order valence-corrected chi connectivity index (χ3v) is 7.01. The Kier molecular flexibility index (Phi) is 4.50. The van der Waals surface area contributed by atoms with Gasteiger partial charge in [0.2, 0.25) is 0 Å². The normalized spacial score (nSPS) is 33.8. The Balaban J connectivity index is 1.37. The van der Waals surface area contributed by atoms with Crippen molar-refractivity contribution in [2.45, 2.75) is 30.7 Å². The Morgan fingerprint density at radius 3 is 2.85 bits per heavy atom. The van der Waals surface area contributed by atoms with Crippen molar-refractivity contribution in [1.29, 1.82) is 0 Å². The largest absolute Gasteiger partial charge is 0.461 e. The lowest BCUT2D eigenvalue weighted by molar-refractivity contribution is -0.157. The topological polar surface area (TPSA) is 81.7 Å². The van der Waals surface area contributed by atoms with Gasteiger partial charge in [0.25, 0.3) is 5.91 Å². The Labute approximate surface area is 159 Å². The van der Waals surface area contributed by atoms with Crippen LogP contribution < -0.4 is 5.32 Å². The van der Waals surface area contributed by atoms with Crippen LogP contribution in [0.25, 0.3) is 0 Å². The number of esters is 2. The van der Waals surface area contributed by atoms with Crippen LogP contribution in [0, 0.1) is 23.7 Å². The van der Waals surface area contributed by atoms with Crippen molar-refractivity contribution in [3.8, 4) is 0 Å². The number of hydrogen-bond donors (Lipinski definition) is 1. The molecule has 2 saturated carbocycles. The summed E-state index contributed by atoms with van der Waals surface area (Å²) >= 11 is 3.56. The monoisotopic (exact) mass is 421 g/mol. The molecular weight excluding hydrogens is 402 g/mol. The summed E-state index contributed by atoms with van der Waals surface area (Å²) in [4.78, 5) is 36.8. The molecule has 0 unspecified atom stereocenters. The fourth-order valence-corrected chi connectivity index (χ4v) is 5.71. The minimum Gasteiger partial charge on any atom is -0.461 e. The molecule has 0 spiro atoms. The Morgan fingerprint density at radius 1 is 1.31 bits per heavy atom. The van der Waals surface area contributed by atoms with Crippen molar-refractivity contribution in [3.05, 3.63) is 29.8 Å². The maximum atomic E-state index is 12.6. The number of rotatable bonds is 5. The van der Waals surface area contributed by atoms with Crippen molar-refractivity contribution < 1.29 is 23.9 Å². The van der Waals surface area contributed by atoms with E-state index < -0.39 is 17.8 Å². The highest BCUT2D eigenvalue weighted by atomic mass is 79.9. The molecule has 3 fully saturated rings. The van der Waals surface area contributed by atoms with Crippen LogP contribution in [0.1, 0.15) is 18.9 Å². The number of aryl methyl sites for hydroxylation is 1. The van der Waals surface area contributed by atoms with E-state index in [4.69, 9.17) is 9.47 Å². The molecule has 6 nitrogen and oxygen atoms in total. The summed E-state index contributed by atoms with van der Waals surface area (Å²) in [5.41, 5.74) is 1.74. The van der Waals surface area contributed by atoms with Crippen molar-refractivity contribution in [1.82, 2.24) is 0 Å². The van der Waals surface area contributed by atoms with Gasteiger partial charge in [-0.25, -0.2) is 0 Å². The van der Waals surface area contributed by atoms with Crippen LogP contribution in [-0.2, 0) is 30.3 Å². The molecule has 7 heteroatoms. The van der Waals surface area contributed by atoms with E-state index in [2.05, 4.69) is 21.2 Å². The van der Waals surface area contributed by atoms with Crippen LogP contribution in [0.3, 0.4) is 0 Å². The number of carbonyl (C=O) groups is 3. The average Bonchev–Trinajstić information content (AvgIpc) is 3.24. The summed E-state index contributed by atoms with van der Waals surface area (Å²) in [7, 11) is 0. The van der Waals surface area contributed by atoms with Gasteiger partial charge in [-0.1, -0.05) is 41.1 Å². The molecule has 1 aromatic carbocycles. The lowest BCUT2D eigenvalue weighted by atomic mass is 9.80. The van der Waals surface area contributed by atoms with Crippen LogP contribution in [0.4, 0.5) is 5.69 Å². The predicted octanol–water partition coefficient (Wildman–Crippen LogP) is 2.30. The zero-order valence-electron chi connectivity index (χ0n) is 14.3. The smallest absolute Gasteiger partial charge is 0.310 e. The first-order valence-corrected chi connectivity index (χ1v) is 9.81. The lowest BCUT2D eigenvalue weighted by Gasteiger charge is -2.26. The van der Waals surface area contributed by atoms with Crippen LogP contribution in [0.15, 0.2) is 24.3 Å². The number of alkyl halides is 1. The van der Waals surface area contributed by atoms with Gasteiger partial charge >= 0.3 is 11.9 Å².